The Morgan fingerprint density at radius 2 is 1.64 bits per heavy atom. The predicted molar refractivity (Wildman–Crippen MR) is 30.8 cm³/mol. The number of rotatable bonds is 1. The fourth-order valence-electron chi connectivity index (χ4n) is 0.574. The van der Waals surface area contributed by atoms with Gasteiger partial charge in [-0.3, -0.25) is 0 Å². The quantitative estimate of drug-likeness (QED) is 0.509. The fourth-order valence-corrected chi connectivity index (χ4v) is 0.574. The molecule has 1 aromatic carbocycles. The number of hydrogen-bond donors (Lipinski definition) is 0. The average molecular weight is 265 g/mol. The first kappa shape index (κ1) is 13.3. The zero-order valence-electron chi connectivity index (χ0n) is 5.38. The molecule has 0 spiro atoms. The monoisotopic (exact) mass is 263 g/mol. The summed E-state index contributed by atoms with van der Waals surface area (Å²) in [7, 11) is 0. The molecule has 11 heavy (non-hydrogen) atoms. The number of benzene rings is 1. The molecule has 0 bridgehead atoms. The average Bonchev–Trinajstić information content (AvgIpc) is 1.90. The molecule has 0 aromatic heterocycles. The van der Waals surface area contributed by atoms with Crippen LogP contribution in [0.2, 0.25) is 0 Å². The van der Waals surface area contributed by atoms with Crippen molar-refractivity contribution in [2.75, 3.05) is 0 Å². The molecule has 0 saturated carbocycles. The van der Waals surface area contributed by atoms with Crippen molar-refractivity contribution in [2.45, 2.75) is 0 Å². The molecule has 4 heteroatoms. The van der Waals surface area contributed by atoms with Crippen molar-refractivity contribution < 1.29 is 44.0 Å². The van der Waals surface area contributed by atoms with Crippen molar-refractivity contribution >= 4 is 5.97 Å². The zero-order chi connectivity index (χ0) is 6.69. The van der Waals surface area contributed by atoms with Crippen LogP contribution < -0.4 is 22.1 Å². The molecule has 0 N–H and O–H groups in total. The third-order valence-electron chi connectivity index (χ3n) is 1.01. The number of carboxylic acid groups (broad SMARTS) is 1. The molecular weight excluding hydrogens is 260 g/mol. The summed E-state index contributed by atoms with van der Waals surface area (Å²) in [6, 6.07) is 8.06. The van der Waals surface area contributed by atoms with E-state index in [1.165, 1.54) is 12.1 Å². The molecule has 0 amide bonds. The van der Waals surface area contributed by atoms with Crippen LogP contribution in [0.25, 0.3) is 0 Å². The second kappa shape index (κ2) is 6.40. The summed E-state index contributed by atoms with van der Waals surface area (Å²) >= 11 is 0. The molecule has 0 aliphatic carbocycles. The van der Waals surface area contributed by atoms with E-state index in [9.17, 15) is 9.90 Å². The maximum Gasteiger partial charge on any atom is 2.00 e. The second-order valence-corrected chi connectivity index (χ2v) is 1.65. The second-order valence-electron chi connectivity index (χ2n) is 1.65. The minimum atomic E-state index is -1.13. The van der Waals surface area contributed by atoms with Crippen LogP contribution in [-0.2, 0) is 17.1 Å². The largest absolute Gasteiger partial charge is 2.00 e. The van der Waals surface area contributed by atoms with Crippen LogP contribution in [-0.4, -0.2) is 5.97 Å². The third-order valence-corrected chi connectivity index (χ3v) is 1.01. The van der Waals surface area contributed by atoms with Crippen molar-refractivity contribution in [1.82, 2.24) is 0 Å². The first-order valence-electron chi connectivity index (χ1n) is 2.57. The molecule has 1 aromatic rings. The van der Waals surface area contributed by atoms with E-state index in [-0.39, 0.29) is 39.6 Å². The van der Waals surface area contributed by atoms with E-state index in [1.807, 2.05) is 0 Å². The molecule has 63 valence electrons. The van der Waals surface area contributed by atoms with Crippen LogP contribution in [0, 0.1) is 0 Å². The van der Waals surface area contributed by atoms with E-state index in [1.54, 1.807) is 18.2 Å². The Balaban J connectivity index is 0. The van der Waals surface area contributed by atoms with Gasteiger partial charge in [0.1, 0.15) is 0 Å². The van der Waals surface area contributed by atoms with E-state index in [0.29, 0.717) is 0 Å². The van der Waals surface area contributed by atoms with Gasteiger partial charge in [-0.2, -0.15) is 0 Å². The molecule has 0 saturated heterocycles. The number of carbonyl (C=O) groups is 1. The summed E-state index contributed by atoms with van der Waals surface area (Å²) in [5.41, 5.74) is 0.220. The van der Waals surface area contributed by atoms with E-state index in [0.717, 1.165) is 0 Å². The van der Waals surface area contributed by atoms with Crippen LogP contribution in [0.15, 0.2) is 30.3 Å². The summed E-state index contributed by atoms with van der Waals surface area (Å²) in [5.74, 6) is -1.13. The smallest absolute Gasteiger partial charge is 1.00 e. The summed E-state index contributed by atoms with van der Waals surface area (Å²) in [6.07, 6.45) is 0. The Morgan fingerprint density at radius 1 is 1.18 bits per heavy atom. The molecule has 0 atom stereocenters. The minimum absolute atomic E-state index is 0. The summed E-state index contributed by atoms with van der Waals surface area (Å²) < 4.78 is 0. The number of halogens is 1. The van der Waals surface area contributed by atoms with Crippen molar-refractivity contribution in [3.8, 4) is 0 Å². The molecule has 0 fully saturated rings. The van der Waals surface area contributed by atoms with Crippen LogP contribution in [0.1, 0.15) is 10.4 Å². The van der Waals surface area contributed by atoms with Crippen LogP contribution in [0.5, 0.6) is 0 Å². The maximum atomic E-state index is 10.1. The van der Waals surface area contributed by atoms with Gasteiger partial charge in [-0.1, -0.05) is 30.3 Å². The number of hydrogen-bond acceptors (Lipinski definition) is 2. The van der Waals surface area contributed by atoms with Gasteiger partial charge in [0, 0.05) is 0 Å². The van der Waals surface area contributed by atoms with Crippen molar-refractivity contribution in [2.24, 2.45) is 0 Å². The Kier molecular flexibility index (Phi) is 7.74. The van der Waals surface area contributed by atoms with E-state index >= 15 is 0 Å². The number of aromatic carboxylic acids is 1. The molecule has 0 aliphatic heterocycles. The maximum absolute atomic E-state index is 10.1. The fraction of sp³-hybridized carbons (Fsp3) is 0. The van der Waals surface area contributed by atoms with Crippen molar-refractivity contribution in [3.05, 3.63) is 35.9 Å². The molecule has 1 rings (SSSR count). The number of carboxylic acids is 1. The van der Waals surface area contributed by atoms with Crippen LogP contribution >= 0.6 is 0 Å². The van der Waals surface area contributed by atoms with Gasteiger partial charge in [0.15, 0.2) is 0 Å². The summed E-state index contributed by atoms with van der Waals surface area (Å²) in [6.45, 7) is 0. The molecule has 2 nitrogen and oxygen atoms in total. The molecular formula is C7H5BrCuO2. The van der Waals surface area contributed by atoms with Crippen LogP contribution in [0.4, 0.5) is 0 Å². The van der Waals surface area contributed by atoms with E-state index < -0.39 is 5.97 Å². The molecule has 0 aliphatic rings. The molecule has 0 heterocycles. The first-order chi connectivity index (χ1) is 4.30. The van der Waals surface area contributed by atoms with Gasteiger partial charge in [-0.15, -0.1) is 0 Å². The van der Waals surface area contributed by atoms with Gasteiger partial charge < -0.3 is 26.9 Å². The SMILES string of the molecule is O=C([O-])c1ccccc1.[Br-].[Cu+2]. The van der Waals surface area contributed by atoms with E-state index in [2.05, 4.69) is 0 Å². The van der Waals surface area contributed by atoms with Gasteiger partial charge in [-0.25, -0.2) is 0 Å². The predicted octanol–water partition coefficient (Wildman–Crippen LogP) is -2.95. The molecule has 0 unspecified atom stereocenters. The van der Waals surface area contributed by atoms with Crippen LogP contribution in [0.3, 0.4) is 0 Å². The third kappa shape index (κ3) is 4.19. The van der Waals surface area contributed by atoms with Gasteiger partial charge in [0.2, 0.25) is 0 Å². The summed E-state index contributed by atoms with van der Waals surface area (Å²) in [5, 5.41) is 10.1. The van der Waals surface area contributed by atoms with Gasteiger partial charge >= 0.3 is 17.1 Å². The minimum Gasteiger partial charge on any atom is -1.00 e. The zero-order valence-corrected chi connectivity index (χ0v) is 7.91. The Bertz CT molecular complexity index is 213. The Hall–Kier alpha value is -0.311. The Labute approximate surface area is 85.9 Å². The van der Waals surface area contributed by atoms with E-state index in [4.69, 9.17) is 0 Å². The van der Waals surface area contributed by atoms with Crippen molar-refractivity contribution in [1.29, 1.82) is 0 Å². The summed E-state index contributed by atoms with van der Waals surface area (Å²) in [4.78, 5) is 10.1. The standard InChI is InChI=1S/C7H6O2.BrH.Cu/c8-7(9)6-4-2-1-3-5-6;;/h1-5H,(H,8,9);1H;/q;;+2/p-2. The number of carbonyl (C=O) groups excluding carboxylic acids is 1. The van der Waals surface area contributed by atoms with Gasteiger partial charge in [-0.05, 0) is 5.56 Å². The van der Waals surface area contributed by atoms with Gasteiger partial charge in [0.25, 0.3) is 0 Å². The normalized spacial score (nSPS) is 7.27. The van der Waals surface area contributed by atoms with Crippen molar-refractivity contribution in [3.63, 3.8) is 0 Å². The van der Waals surface area contributed by atoms with Gasteiger partial charge in [0.05, 0.1) is 5.97 Å². The topological polar surface area (TPSA) is 40.1 Å². The molecule has 1 radical (unpaired) electrons. The first-order valence-corrected chi connectivity index (χ1v) is 2.57. The Morgan fingerprint density at radius 3 is 1.91 bits per heavy atom.